The van der Waals surface area contributed by atoms with Crippen LogP contribution < -0.4 is 14.8 Å². The summed E-state index contributed by atoms with van der Waals surface area (Å²) in [5.74, 6) is 6.33. The van der Waals surface area contributed by atoms with Crippen LogP contribution in [0.2, 0.25) is 0 Å². The number of nitrogens with one attached hydrogen (secondary N) is 1. The summed E-state index contributed by atoms with van der Waals surface area (Å²) in [6, 6.07) is 9.10. The Bertz CT molecular complexity index is 1010. The number of anilines is 1. The maximum absolute atomic E-state index is 12.2. The van der Waals surface area contributed by atoms with E-state index in [1.807, 2.05) is 5.92 Å². The monoisotopic (exact) mass is 401 g/mol. The van der Waals surface area contributed by atoms with Crippen molar-refractivity contribution in [1.82, 2.24) is 0 Å². The quantitative estimate of drug-likeness (QED) is 0.346. The van der Waals surface area contributed by atoms with E-state index in [-0.39, 0.29) is 29.2 Å². The first-order chi connectivity index (χ1) is 13.7. The van der Waals surface area contributed by atoms with Gasteiger partial charge in [-0.3, -0.25) is 14.9 Å². The summed E-state index contributed by atoms with van der Waals surface area (Å²) in [6.07, 6.45) is 0.509. The molecule has 8 heteroatoms. The average Bonchev–Trinajstić information content (AvgIpc) is 2.69. The Morgan fingerprint density at radius 2 is 1.69 bits per heavy atom. The molecular weight excluding hydrogens is 387 g/mol. The second-order valence-electron chi connectivity index (χ2n) is 5.46. The molecule has 5 nitrogen and oxygen atoms in total. The van der Waals surface area contributed by atoms with E-state index >= 15 is 0 Å². The fraction of sp³-hybridized carbons (Fsp3) is 0.143. The number of hydrogen-bond acceptors (Lipinski definition) is 5. The summed E-state index contributed by atoms with van der Waals surface area (Å²) in [6.45, 7) is -0.155. The number of halogens is 3. The lowest BCUT2D eigenvalue weighted by Crippen LogP contribution is -2.20. The number of terminal acetylenes is 1. The molecule has 0 atom stereocenters. The topological polar surface area (TPSA) is 64.6 Å². The molecule has 0 fully saturated rings. The first-order valence-corrected chi connectivity index (χ1v) is 8.03. The lowest BCUT2D eigenvalue weighted by molar-refractivity contribution is -0.0999. The Morgan fingerprint density at radius 3 is 2.28 bits per heavy atom. The maximum Gasteiger partial charge on any atom is 0.482 e. The number of hydrogen-bond donors (Lipinski definition) is 1. The minimum absolute atomic E-state index is 0.139. The Morgan fingerprint density at radius 1 is 1.03 bits per heavy atom. The molecule has 0 aliphatic carbocycles. The van der Waals surface area contributed by atoms with Gasteiger partial charge in [0.05, 0.1) is 7.11 Å². The molecule has 0 aromatic heterocycles. The number of methoxy groups -OCH3 is 1. The van der Waals surface area contributed by atoms with E-state index < -0.39 is 17.9 Å². The van der Waals surface area contributed by atoms with E-state index in [9.17, 15) is 22.8 Å². The van der Waals surface area contributed by atoms with Gasteiger partial charge < -0.3 is 9.47 Å². The summed E-state index contributed by atoms with van der Waals surface area (Å²) < 4.78 is 47.2. The number of benzene rings is 2. The number of alkyl halides is 3. The maximum atomic E-state index is 12.2. The zero-order chi connectivity index (χ0) is 21.4. The van der Waals surface area contributed by atoms with Gasteiger partial charge in [0.2, 0.25) is 11.6 Å². The number of rotatable bonds is 6. The number of carbonyl (C=O) groups is 2. The Labute approximate surface area is 164 Å². The second-order valence-corrected chi connectivity index (χ2v) is 5.46. The largest absolute Gasteiger partial charge is 0.493 e. The third-order valence-electron chi connectivity index (χ3n) is 3.49. The van der Waals surface area contributed by atoms with Crippen molar-refractivity contribution in [3.8, 4) is 35.7 Å². The smallest absolute Gasteiger partial charge is 0.482 e. The summed E-state index contributed by atoms with van der Waals surface area (Å²) in [4.78, 5) is 23.5. The standard InChI is InChI=1S/C21H14F3NO4/c1-3-17(26)15-8-11-19(20(13-15)28-2)29-12-4-5-18(27)14-6-9-16(10-7-14)25-21(22,23)24/h1,6-11,13,25H,12H2,2H3. The van der Waals surface area contributed by atoms with Crippen LogP contribution in [0, 0.1) is 24.2 Å². The van der Waals surface area contributed by atoms with Crippen molar-refractivity contribution < 1.29 is 32.2 Å². The normalized spacial score (nSPS) is 10.2. The molecule has 0 saturated carbocycles. The Kier molecular flexibility index (Phi) is 6.89. The molecule has 0 unspecified atom stereocenters. The molecule has 1 N–H and O–H groups in total. The van der Waals surface area contributed by atoms with Crippen molar-refractivity contribution in [2.45, 2.75) is 6.30 Å². The first kappa shape index (κ1) is 21.4. The van der Waals surface area contributed by atoms with Crippen molar-refractivity contribution in [2.75, 3.05) is 19.0 Å². The minimum atomic E-state index is -4.56. The van der Waals surface area contributed by atoms with Crippen LogP contribution in [0.4, 0.5) is 18.9 Å². The van der Waals surface area contributed by atoms with Gasteiger partial charge in [0.1, 0.15) is 6.61 Å². The molecule has 29 heavy (non-hydrogen) atoms. The van der Waals surface area contributed by atoms with Gasteiger partial charge >= 0.3 is 6.30 Å². The van der Waals surface area contributed by atoms with Crippen molar-refractivity contribution in [3.63, 3.8) is 0 Å². The van der Waals surface area contributed by atoms with Gasteiger partial charge in [-0.2, -0.15) is 13.2 Å². The molecule has 0 aliphatic rings. The van der Waals surface area contributed by atoms with Crippen LogP contribution >= 0.6 is 0 Å². The molecule has 0 aliphatic heterocycles. The van der Waals surface area contributed by atoms with Gasteiger partial charge in [-0.15, -0.1) is 6.42 Å². The third-order valence-corrected chi connectivity index (χ3v) is 3.49. The summed E-state index contributed by atoms with van der Waals surface area (Å²) >= 11 is 0. The molecule has 2 rings (SSSR count). The van der Waals surface area contributed by atoms with Gasteiger partial charge in [0.25, 0.3) is 0 Å². The second kappa shape index (κ2) is 9.34. The molecule has 2 aromatic carbocycles. The van der Waals surface area contributed by atoms with E-state index in [0.29, 0.717) is 5.75 Å². The molecule has 0 bridgehead atoms. The Balaban J connectivity index is 1.99. The fourth-order valence-electron chi connectivity index (χ4n) is 2.18. The minimum Gasteiger partial charge on any atom is -0.493 e. The molecule has 148 valence electrons. The van der Waals surface area contributed by atoms with Gasteiger partial charge in [-0.05, 0) is 54.3 Å². The van der Waals surface area contributed by atoms with Crippen LogP contribution in [-0.2, 0) is 0 Å². The Hall–Kier alpha value is -3.91. The highest BCUT2D eigenvalue weighted by Crippen LogP contribution is 2.28. The van der Waals surface area contributed by atoms with E-state index in [2.05, 4.69) is 11.8 Å². The number of carbonyl (C=O) groups excluding carboxylic acids is 2. The molecular formula is C21H14F3NO4. The van der Waals surface area contributed by atoms with Crippen molar-refractivity contribution in [3.05, 3.63) is 53.6 Å². The van der Waals surface area contributed by atoms with E-state index in [1.165, 1.54) is 42.8 Å². The van der Waals surface area contributed by atoms with Crippen molar-refractivity contribution in [2.24, 2.45) is 0 Å². The van der Waals surface area contributed by atoms with Crippen molar-refractivity contribution in [1.29, 1.82) is 0 Å². The summed E-state index contributed by atoms with van der Waals surface area (Å²) in [5.41, 5.74) is 0.213. The van der Waals surface area contributed by atoms with Gasteiger partial charge in [0, 0.05) is 16.8 Å². The molecule has 0 radical (unpaired) electrons. The molecule has 0 spiro atoms. The molecule has 0 saturated heterocycles. The number of Topliss-reactive ketones (excluding diaryl/α,β-unsaturated/α-hetero) is 2. The van der Waals surface area contributed by atoms with E-state index in [1.54, 1.807) is 0 Å². The van der Waals surface area contributed by atoms with Crippen LogP contribution in [-0.4, -0.2) is 31.6 Å². The zero-order valence-corrected chi connectivity index (χ0v) is 15.1. The van der Waals surface area contributed by atoms with Crippen LogP contribution in [0.5, 0.6) is 11.5 Å². The van der Waals surface area contributed by atoms with Crippen LogP contribution in [0.3, 0.4) is 0 Å². The highest BCUT2D eigenvalue weighted by molar-refractivity contribution is 6.09. The number of ether oxygens (including phenoxy) is 2. The van der Waals surface area contributed by atoms with Gasteiger partial charge in [-0.1, -0.05) is 5.92 Å². The highest BCUT2D eigenvalue weighted by Gasteiger charge is 2.26. The predicted octanol–water partition coefficient (Wildman–Crippen LogP) is 3.71. The SMILES string of the molecule is C#CC(=O)c1ccc(OCC#CC(=O)c2ccc(NC(F)(F)F)cc2)c(OC)c1. The van der Waals surface area contributed by atoms with Crippen molar-refractivity contribution >= 4 is 17.3 Å². The third kappa shape index (κ3) is 6.33. The molecule has 0 heterocycles. The van der Waals surface area contributed by atoms with Crippen LogP contribution in [0.15, 0.2) is 42.5 Å². The average molecular weight is 401 g/mol. The summed E-state index contributed by atoms with van der Waals surface area (Å²) in [5, 5.41) is 1.33. The molecule has 0 amide bonds. The highest BCUT2D eigenvalue weighted by atomic mass is 19.4. The van der Waals surface area contributed by atoms with Crippen LogP contribution in [0.25, 0.3) is 0 Å². The number of ketones is 2. The van der Waals surface area contributed by atoms with E-state index in [4.69, 9.17) is 15.9 Å². The molecule has 2 aromatic rings. The first-order valence-electron chi connectivity index (χ1n) is 8.03. The van der Waals surface area contributed by atoms with Gasteiger partial charge in [-0.25, -0.2) is 0 Å². The lowest BCUT2D eigenvalue weighted by atomic mass is 10.1. The lowest BCUT2D eigenvalue weighted by Gasteiger charge is -2.09. The summed E-state index contributed by atoms with van der Waals surface area (Å²) in [7, 11) is 1.39. The van der Waals surface area contributed by atoms with E-state index in [0.717, 1.165) is 12.1 Å². The predicted molar refractivity (Wildman–Crippen MR) is 99.9 cm³/mol. The fourth-order valence-corrected chi connectivity index (χ4v) is 2.18. The zero-order valence-electron chi connectivity index (χ0n) is 15.1. The van der Waals surface area contributed by atoms with Crippen LogP contribution in [0.1, 0.15) is 20.7 Å². The van der Waals surface area contributed by atoms with Gasteiger partial charge in [0.15, 0.2) is 11.5 Å².